The van der Waals surface area contributed by atoms with Crippen molar-refractivity contribution in [1.82, 2.24) is 0 Å². The molecule has 10 nitrogen and oxygen atoms in total. The highest BCUT2D eigenvalue weighted by atomic mass is 32.2. The second kappa shape index (κ2) is 18.4. The molecule has 1 aliphatic rings. The van der Waals surface area contributed by atoms with Crippen molar-refractivity contribution in [1.29, 1.82) is 0 Å². The molecule has 0 N–H and O–H groups in total. The standard InChI is InChI=1S/C33H40N2O8S2/c1-37-30-25-26(7-10-29(30)34-14-16-38-18-20-40-22-23-41-21-19-39-17-15-34)8-12-32-35(13-4-24-44-43-42-36)33-28-6-3-2-5-27(28)9-11-31(33)45-32/h2-3,5-12,25H,4,13-24H2,1H3. The Labute approximate surface area is 272 Å². The SMILES string of the molecule is COc1cc(/C=C/c2sc3ccc4ccccc4c3[n+]2CCCSOO[O-])ccc1N1CCOCCOCCOCCOCC1. The number of aryl methyl sites for hydroxylation is 1. The van der Waals surface area contributed by atoms with Crippen LogP contribution >= 0.6 is 23.4 Å². The minimum atomic E-state index is 0.542. The van der Waals surface area contributed by atoms with E-state index in [1.165, 1.54) is 21.0 Å². The maximum Gasteiger partial charge on any atom is 0.262 e. The van der Waals surface area contributed by atoms with Crippen LogP contribution in [0.5, 0.6) is 5.75 Å². The number of aromatic nitrogens is 1. The Hall–Kier alpha value is -2.78. The van der Waals surface area contributed by atoms with Gasteiger partial charge in [0.25, 0.3) is 5.01 Å². The minimum absolute atomic E-state index is 0.542. The first kappa shape index (κ1) is 33.6. The fraction of sp³-hybridized carbons (Fsp3) is 0.424. The molecule has 0 unspecified atom stereocenters. The second-order valence-electron chi connectivity index (χ2n) is 10.2. The predicted molar refractivity (Wildman–Crippen MR) is 176 cm³/mol. The summed E-state index contributed by atoms with van der Waals surface area (Å²) >= 11 is 2.77. The van der Waals surface area contributed by atoms with E-state index in [4.69, 9.17) is 23.7 Å². The van der Waals surface area contributed by atoms with Crippen LogP contribution in [0.3, 0.4) is 0 Å². The smallest absolute Gasteiger partial charge is 0.262 e. The van der Waals surface area contributed by atoms with Gasteiger partial charge in [0.2, 0.25) is 5.52 Å². The lowest BCUT2D eigenvalue weighted by Crippen LogP contribution is -2.35. The molecule has 0 radical (unpaired) electrons. The summed E-state index contributed by atoms with van der Waals surface area (Å²) in [4.78, 5) is 2.23. The van der Waals surface area contributed by atoms with Crippen molar-refractivity contribution < 1.29 is 42.9 Å². The van der Waals surface area contributed by atoms with E-state index in [2.05, 4.69) is 85.6 Å². The molecule has 0 spiro atoms. The normalized spacial score (nSPS) is 16.3. The maximum atomic E-state index is 10.2. The number of ether oxygens (including phenoxy) is 5. The number of thiazole rings is 1. The van der Waals surface area contributed by atoms with Gasteiger partial charge in [0.15, 0.2) is 6.54 Å². The summed E-state index contributed by atoms with van der Waals surface area (Å²) in [5, 5.41) is 17.2. The molecule has 0 aliphatic carbocycles. The Bertz CT molecular complexity index is 1500. The monoisotopic (exact) mass is 656 g/mol. The molecule has 242 valence electrons. The van der Waals surface area contributed by atoms with Crippen LogP contribution in [0.4, 0.5) is 5.69 Å². The van der Waals surface area contributed by atoms with Crippen LogP contribution in [0.1, 0.15) is 17.0 Å². The van der Waals surface area contributed by atoms with Gasteiger partial charge in [-0.05, 0) is 41.3 Å². The number of hydrogen-bond acceptors (Lipinski definition) is 11. The third-order valence-corrected chi connectivity index (χ3v) is 9.11. The molecule has 0 bridgehead atoms. The van der Waals surface area contributed by atoms with E-state index in [1.807, 2.05) is 0 Å². The highest BCUT2D eigenvalue weighted by molar-refractivity contribution is 7.94. The van der Waals surface area contributed by atoms with E-state index in [0.29, 0.717) is 71.7 Å². The zero-order valence-corrected chi connectivity index (χ0v) is 27.2. The molecule has 4 aromatic rings. The van der Waals surface area contributed by atoms with Gasteiger partial charge in [-0.3, -0.25) is 5.04 Å². The van der Waals surface area contributed by atoms with Gasteiger partial charge in [-0.2, -0.15) is 8.90 Å². The van der Waals surface area contributed by atoms with Gasteiger partial charge in [-0.15, -0.1) is 0 Å². The Morgan fingerprint density at radius 2 is 1.60 bits per heavy atom. The molecule has 1 fully saturated rings. The first-order chi connectivity index (χ1) is 22.3. The van der Waals surface area contributed by atoms with Gasteiger partial charge in [-0.1, -0.05) is 41.7 Å². The van der Waals surface area contributed by atoms with E-state index in [9.17, 15) is 5.26 Å². The predicted octanol–water partition coefficient (Wildman–Crippen LogP) is 4.67. The average Bonchev–Trinajstić information content (AvgIpc) is 3.43. The van der Waals surface area contributed by atoms with Crippen molar-refractivity contribution >= 4 is 62.2 Å². The van der Waals surface area contributed by atoms with Crippen LogP contribution < -0.4 is 19.5 Å². The van der Waals surface area contributed by atoms with E-state index in [-0.39, 0.29) is 0 Å². The number of methoxy groups -OCH3 is 1. The number of benzene rings is 3. The molecular formula is C33H40N2O8S2. The lowest BCUT2D eigenvalue weighted by molar-refractivity contribution is -0.777. The fourth-order valence-corrected chi connectivity index (χ4v) is 6.71. The van der Waals surface area contributed by atoms with Crippen LogP contribution in [0.15, 0.2) is 54.6 Å². The third kappa shape index (κ3) is 9.61. The molecule has 2 heterocycles. The summed E-state index contributed by atoms with van der Waals surface area (Å²) in [6, 6.07) is 19.1. The van der Waals surface area contributed by atoms with Crippen LogP contribution in [0.25, 0.3) is 33.1 Å². The topological polar surface area (TPSA) is 94.8 Å². The number of fused-ring (bicyclic) bond motifs is 3. The highest BCUT2D eigenvalue weighted by Crippen LogP contribution is 2.32. The van der Waals surface area contributed by atoms with Crippen molar-refractivity contribution in [3.05, 3.63) is 65.2 Å². The summed E-state index contributed by atoms with van der Waals surface area (Å²) in [7, 11) is 1.70. The van der Waals surface area contributed by atoms with Gasteiger partial charge in [0, 0.05) is 43.4 Å². The zero-order valence-electron chi connectivity index (χ0n) is 25.5. The van der Waals surface area contributed by atoms with E-state index >= 15 is 0 Å². The molecule has 1 saturated heterocycles. The molecule has 3 aromatic carbocycles. The molecule has 0 saturated carbocycles. The highest BCUT2D eigenvalue weighted by Gasteiger charge is 2.21. The largest absolute Gasteiger partial charge is 0.691 e. The van der Waals surface area contributed by atoms with Crippen LogP contribution in [0.2, 0.25) is 0 Å². The van der Waals surface area contributed by atoms with Crippen LogP contribution in [0, 0.1) is 0 Å². The summed E-state index contributed by atoms with van der Waals surface area (Å²) in [5.41, 5.74) is 3.22. The number of hydrogen-bond donors (Lipinski definition) is 0. The van der Waals surface area contributed by atoms with Gasteiger partial charge in [0.1, 0.15) is 10.4 Å². The average molecular weight is 657 g/mol. The van der Waals surface area contributed by atoms with Crippen molar-refractivity contribution in [2.75, 3.05) is 83.7 Å². The Kier molecular flexibility index (Phi) is 13.7. The van der Waals surface area contributed by atoms with Gasteiger partial charge in [0.05, 0.1) is 71.0 Å². The Balaban J connectivity index is 1.36. The summed E-state index contributed by atoms with van der Waals surface area (Å²) < 4.78 is 36.7. The summed E-state index contributed by atoms with van der Waals surface area (Å²) in [6.07, 6.45) is 5.09. The first-order valence-electron chi connectivity index (χ1n) is 15.1. The van der Waals surface area contributed by atoms with Crippen molar-refractivity contribution in [3.8, 4) is 5.75 Å². The van der Waals surface area contributed by atoms with Gasteiger partial charge in [-0.25, -0.2) is 0 Å². The van der Waals surface area contributed by atoms with Gasteiger partial charge < -0.3 is 33.8 Å². The van der Waals surface area contributed by atoms with Crippen LogP contribution in [-0.4, -0.2) is 78.8 Å². The maximum absolute atomic E-state index is 10.2. The van der Waals surface area contributed by atoms with Gasteiger partial charge >= 0.3 is 0 Å². The van der Waals surface area contributed by atoms with Crippen molar-refractivity contribution in [2.45, 2.75) is 13.0 Å². The first-order valence-corrected chi connectivity index (χ1v) is 16.9. The molecule has 5 rings (SSSR count). The molecule has 1 aliphatic heterocycles. The molecule has 1 aromatic heterocycles. The van der Waals surface area contributed by atoms with E-state index in [1.54, 1.807) is 18.4 Å². The van der Waals surface area contributed by atoms with Crippen molar-refractivity contribution in [2.24, 2.45) is 0 Å². The quantitative estimate of drug-likeness (QED) is 0.0789. The third-order valence-electron chi connectivity index (χ3n) is 7.39. The van der Waals surface area contributed by atoms with E-state index in [0.717, 1.165) is 47.0 Å². The Morgan fingerprint density at radius 3 is 2.31 bits per heavy atom. The zero-order chi connectivity index (χ0) is 31.1. The van der Waals surface area contributed by atoms with Crippen LogP contribution in [-0.2, 0) is 34.9 Å². The summed E-state index contributed by atoms with van der Waals surface area (Å²) in [5.74, 6) is 1.42. The molecular weight excluding hydrogens is 617 g/mol. The summed E-state index contributed by atoms with van der Waals surface area (Å²) in [6.45, 7) is 6.59. The molecule has 12 heteroatoms. The molecule has 45 heavy (non-hydrogen) atoms. The minimum Gasteiger partial charge on any atom is -0.691 e. The Morgan fingerprint density at radius 1 is 0.889 bits per heavy atom. The molecule has 0 atom stereocenters. The van der Waals surface area contributed by atoms with E-state index < -0.39 is 0 Å². The number of nitrogens with zero attached hydrogens (tertiary/aromatic N) is 2. The second-order valence-corrected chi connectivity index (χ2v) is 12.1. The number of rotatable bonds is 10. The fourth-order valence-electron chi connectivity index (χ4n) is 5.25. The van der Waals surface area contributed by atoms with Crippen molar-refractivity contribution in [3.63, 3.8) is 0 Å². The lowest BCUT2D eigenvalue weighted by atomic mass is 10.1. The number of anilines is 1. The molecule has 0 amide bonds. The lowest BCUT2D eigenvalue weighted by Gasteiger charge is -2.26.